The second kappa shape index (κ2) is 8.41. The Labute approximate surface area is 157 Å². The topological polar surface area (TPSA) is 18.5 Å². The average molecular weight is 385 g/mol. The van der Waals surface area contributed by atoms with Crippen molar-refractivity contribution in [3.8, 4) is 11.5 Å². The molecule has 2 nitrogen and oxygen atoms in total. The lowest BCUT2D eigenvalue weighted by Gasteiger charge is -2.36. The summed E-state index contributed by atoms with van der Waals surface area (Å²) in [7, 11) is -0.102. The minimum atomic E-state index is -1.84. The Hall–Kier alpha value is -0.263. The van der Waals surface area contributed by atoms with Gasteiger partial charge >= 0.3 is 0 Å². The molecule has 1 fully saturated rings. The van der Waals surface area contributed by atoms with E-state index in [0.717, 1.165) is 22.5 Å². The Morgan fingerprint density at radius 2 is 1.79 bits per heavy atom. The van der Waals surface area contributed by atoms with E-state index in [1.807, 2.05) is 0 Å². The summed E-state index contributed by atoms with van der Waals surface area (Å²) >= 11 is 4.24. The summed E-state index contributed by atoms with van der Waals surface area (Å²) in [5.74, 6) is 4.41. The smallest absolute Gasteiger partial charge is 0.250 e. The number of hydrogen-bond acceptors (Lipinski definition) is 4. The van der Waals surface area contributed by atoms with Crippen LogP contribution in [0.25, 0.3) is 0 Å². The van der Waals surface area contributed by atoms with Crippen molar-refractivity contribution in [2.45, 2.75) is 62.7 Å². The summed E-state index contributed by atoms with van der Waals surface area (Å²) in [6.45, 7) is 11.3. The molecule has 0 saturated carbocycles. The Morgan fingerprint density at radius 3 is 2.38 bits per heavy atom. The highest BCUT2D eigenvalue weighted by Crippen LogP contribution is 2.40. The van der Waals surface area contributed by atoms with Crippen molar-refractivity contribution in [1.82, 2.24) is 0 Å². The molecule has 0 bridgehead atoms. The van der Waals surface area contributed by atoms with Gasteiger partial charge in [0.2, 0.25) is 0 Å². The zero-order chi connectivity index (χ0) is 17.8. The van der Waals surface area contributed by atoms with E-state index in [2.05, 4.69) is 75.6 Å². The van der Waals surface area contributed by atoms with Crippen LogP contribution in [-0.4, -0.2) is 31.5 Å². The molecule has 24 heavy (non-hydrogen) atoms. The second-order valence-corrected chi connectivity index (χ2v) is 15.6. The van der Waals surface area contributed by atoms with Crippen LogP contribution in [0, 0.1) is 0 Å². The molecule has 136 valence electrons. The van der Waals surface area contributed by atoms with E-state index in [-0.39, 0.29) is 5.04 Å². The van der Waals surface area contributed by atoms with Gasteiger partial charge in [0, 0.05) is 0 Å². The second-order valence-electron chi connectivity index (χ2n) is 7.91. The van der Waals surface area contributed by atoms with Crippen molar-refractivity contribution in [3.63, 3.8) is 0 Å². The van der Waals surface area contributed by atoms with Gasteiger partial charge in [0.15, 0.2) is 5.75 Å². The molecule has 1 heterocycles. The van der Waals surface area contributed by atoms with Crippen LogP contribution in [0.5, 0.6) is 11.5 Å². The van der Waals surface area contributed by atoms with Gasteiger partial charge in [-0.1, -0.05) is 26.8 Å². The van der Waals surface area contributed by atoms with Crippen LogP contribution in [0.3, 0.4) is 0 Å². The number of thioether (sulfide) groups is 2. The zero-order valence-corrected chi connectivity index (χ0v) is 18.6. The molecule has 1 aromatic carbocycles. The number of rotatable bonds is 6. The van der Waals surface area contributed by atoms with Gasteiger partial charge in [-0.3, -0.25) is 0 Å². The fourth-order valence-corrected chi connectivity index (χ4v) is 6.25. The third kappa shape index (κ3) is 5.37. The molecule has 1 aliphatic heterocycles. The van der Waals surface area contributed by atoms with Gasteiger partial charge in [-0.2, -0.15) is 0 Å². The third-order valence-electron chi connectivity index (χ3n) is 4.96. The van der Waals surface area contributed by atoms with Gasteiger partial charge in [-0.25, -0.2) is 0 Å². The first-order valence-electron chi connectivity index (χ1n) is 8.82. The number of hydrogen-bond donors (Lipinski definition) is 0. The molecule has 1 aromatic rings. The largest absolute Gasteiger partial charge is 0.541 e. The van der Waals surface area contributed by atoms with Crippen molar-refractivity contribution < 1.29 is 9.16 Å². The molecule has 0 radical (unpaired) electrons. The molecule has 1 saturated heterocycles. The molecule has 0 N–H and O–H groups in total. The van der Waals surface area contributed by atoms with Gasteiger partial charge in [-0.15, -0.1) is 23.5 Å². The van der Waals surface area contributed by atoms with Crippen LogP contribution in [0.4, 0.5) is 0 Å². The van der Waals surface area contributed by atoms with Crippen LogP contribution in [0.2, 0.25) is 18.1 Å². The van der Waals surface area contributed by atoms with Crippen molar-refractivity contribution in [2.24, 2.45) is 0 Å². The SMILES string of the molecule is COc1cc(CCC2SCCCS2)ccc1O[Si](C)(C)C(C)(C)C. The maximum Gasteiger partial charge on any atom is 0.250 e. The molecule has 0 aliphatic carbocycles. The van der Waals surface area contributed by atoms with E-state index >= 15 is 0 Å². The summed E-state index contributed by atoms with van der Waals surface area (Å²) in [5, 5.41) is 0.187. The maximum atomic E-state index is 6.44. The normalized spacial score (nSPS) is 16.9. The predicted molar refractivity (Wildman–Crippen MR) is 112 cm³/mol. The summed E-state index contributed by atoms with van der Waals surface area (Å²) < 4.78 is 12.8. The lowest BCUT2D eigenvalue weighted by atomic mass is 10.1. The van der Waals surface area contributed by atoms with Gasteiger partial charge < -0.3 is 9.16 Å². The van der Waals surface area contributed by atoms with Crippen LogP contribution >= 0.6 is 23.5 Å². The summed E-state index contributed by atoms with van der Waals surface area (Å²) in [6, 6.07) is 6.49. The first-order valence-corrected chi connectivity index (χ1v) is 13.8. The van der Waals surface area contributed by atoms with E-state index in [0.29, 0.717) is 0 Å². The Bertz CT molecular complexity index is 535. The number of aryl methyl sites for hydroxylation is 1. The predicted octanol–water partition coefficient (Wildman–Crippen LogP) is 6.21. The van der Waals surface area contributed by atoms with Crippen molar-refractivity contribution in [3.05, 3.63) is 23.8 Å². The Balaban J connectivity index is 2.04. The van der Waals surface area contributed by atoms with Crippen LogP contribution < -0.4 is 9.16 Å². The summed E-state index contributed by atoms with van der Waals surface area (Å²) in [4.78, 5) is 0. The quantitative estimate of drug-likeness (QED) is 0.543. The van der Waals surface area contributed by atoms with Gasteiger partial charge in [0.05, 0.1) is 11.7 Å². The fourth-order valence-electron chi connectivity index (χ4n) is 2.37. The van der Waals surface area contributed by atoms with Gasteiger partial charge in [0.25, 0.3) is 8.32 Å². The molecule has 0 amide bonds. The number of ether oxygens (including phenoxy) is 1. The molecule has 0 atom stereocenters. The fraction of sp³-hybridized carbons (Fsp3) is 0.684. The van der Waals surface area contributed by atoms with Crippen molar-refractivity contribution >= 4 is 31.8 Å². The van der Waals surface area contributed by atoms with E-state index < -0.39 is 8.32 Å². The van der Waals surface area contributed by atoms with Crippen LogP contribution in [0.15, 0.2) is 18.2 Å². The average Bonchev–Trinajstić information content (AvgIpc) is 2.53. The highest BCUT2D eigenvalue weighted by Gasteiger charge is 2.39. The standard InChI is InChI=1S/C19H32O2S2Si/c1-19(2,3)24(5,6)21-16-10-8-15(14-17(16)20-4)9-11-18-22-12-7-13-23-18/h8,10,14,18H,7,9,11-13H2,1-6H3. The van der Waals surface area contributed by atoms with Crippen molar-refractivity contribution in [1.29, 1.82) is 0 Å². The Kier molecular flexibility index (Phi) is 7.03. The molecular weight excluding hydrogens is 352 g/mol. The number of methoxy groups -OCH3 is 1. The van der Waals surface area contributed by atoms with E-state index in [1.54, 1.807) is 7.11 Å². The van der Waals surface area contributed by atoms with E-state index in [4.69, 9.17) is 9.16 Å². The minimum absolute atomic E-state index is 0.187. The monoisotopic (exact) mass is 384 g/mol. The van der Waals surface area contributed by atoms with E-state index in [9.17, 15) is 0 Å². The first-order chi connectivity index (χ1) is 11.2. The first kappa shape index (κ1) is 20.1. The maximum absolute atomic E-state index is 6.44. The molecular formula is C19H32O2S2Si. The molecule has 5 heteroatoms. The highest BCUT2D eigenvalue weighted by atomic mass is 32.2. The molecule has 0 spiro atoms. The molecule has 2 rings (SSSR count). The number of benzene rings is 1. The van der Waals surface area contributed by atoms with Crippen molar-refractivity contribution in [2.75, 3.05) is 18.6 Å². The van der Waals surface area contributed by atoms with Crippen LogP contribution in [0.1, 0.15) is 39.2 Å². The minimum Gasteiger partial charge on any atom is -0.541 e. The molecule has 0 aromatic heterocycles. The third-order valence-corrected chi connectivity index (χ3v) is 12.4. The van der Waals surface area contributed by atoms with Crippen LogP contribution in [-0.2, 0) is 6.42 Å². The lowest BCUT2D eigenvalue weighted by Crippen LogP contribution is -2.43. The summed E-state index contributed by atoms with van der Waals surface area (Å²) in [6.07, 6.45) is 3.71. The Morgan fingerprint density at radius 1 is 1.12 bits per heavy atom. The van der Waals surface area contributed by atoms with Gasteiger partial charge in [-0.05, 0) is 66.6 Å². The highest BCUT2D eigenvalue weighted by molar-refractivity contribution is 8.17. The molecule has 1 aliphatic rings. The molecule has 0 unspecified atom stereocenters. The zero-order valence-electron chi connectivity index (χ0n) is 16.0. The summed E-state index contributed by atoms with van der Waals surface area (Å²) in [5.41, 5.74) is 1.35. The van der Waals surface area contributed by atoms with E-state index in [1.165, 1.54) is 29.9 Å². The lowest BCUT2D eigenvalue weighted by molar-refractivity contribution is 0.385. The van der Waals surface area contributed by atoms with Gasteiger partial charge in [0.1, 0.15) is 5.75 Å².